The van der Waals surface area contributed by atoms with Gasteiger partial charge in [0, 0.05) is 0 Å². The zero-order valence-electron chi connectivity index (χ0n) is 24.1. The summed E-state index contributed by atoms with van der Waals surface area (Å²) in [5, 5.41) is 14.6. The second-order valence-electron chi connectivity index (χ2n) is 13.4. The average Bonchev–Trinajstić information content (AvgIpc) is 3.34. The van der Waals surface area contributed by atoms with E-state index < -0.39 is 8.32 Å². The van der Waals surface area contributed by atoms with E-state index in [9.17, 15) is 9.90 Å². The van der Waals surface area contributed by atoms with Gasteiger partial charge >= 0.3 is 0 Å². The molecule has 4 heteroatoms. The Kier molecular flexibility index (Phi) is 6.92. The van der Waals surface area contributed by atoms with Crippen molar-refractivity contribution in [1.82, 2.24) is 0 Å². The van der Waals surface area contributed by atoms with Crippen LogP contribution in [0.4, 0.5) is 0 Å². The first-order valence-corrected chi connectivity index (χ1v) is 17.6. The predicted octanol–water partition coefficient (Wildman–Crippen LogP) is 5.54. The number of fused-ring (bicyclic) bond motifs is 5. The number of aliphatic hydroxyl groups excluding tert-OH is 1. The van der Waals surface area contributed by atoms with Crippen LogP contribution in [0.1, 0.15) is 58.3 Å². The normalized spacial score (nSPS) is 34.6. The topological polar surface area (TPSA) is 46.5 Å². The lowest BCUT2D eigenvalue weighted by molar-refractivity contribution is -0.128. The van der Waals surface area contributed by atoms with Gasteiger partial charge in [-0.2, -0.15) is 0 Å². The van der Waals surface area contributed by atoms with Gasteiger partial charge in [-0.3, -0.25) is 0 Å². The summed E-state index contributed by atoms with van der Waals surface area (Å²) in [4.78, 5) is 13.1. The third-order valence-corrected chi connectivity index (χ3v) is 15.8. The summed E-state index contributed by atoms with van der Waals surface area (Å²) in [6.07, 6.45) is 11.4. The Morgan fingerprint density at radius 3 is 1.90 bits per heavy atom. The Labute approximate surface area is 245 Å². The van der Waals surface area contributed by atoms with Crippen molar-refractivity contribution in [1.29, 1.82) is 0 Å². The van der Waals surface area contributed by atoms with Gasteiger partial charge in [0.25, 0.3) is 8.32 Å². The van der Waals surface area contributed by atoms with Gasteiger partial charge in [-0.15, -0.1) is 0 Å². The number of carbonyl (C=O) groups excluding carboxylic acids is 1. The van der Waals surface area contributed by atoms with E-state index in [-0.39, 0.29) is 23.0 Å². The van der Waals surface area contributed by atoms with E-state index in [1.165, 1.54) is 27.4 Å². The van der Waals surface area contributed by atoms with Crippen LogP contribution >= 0.6 is 0 Å². The number of rotatable bonds is 6. The van der Waals surface area contributed by atoms with Crippen LogP contribution in [-0.2, 0) is 9.22 Å². The molecule has 1 N–H and O–H groups in total. The molecule has 0 heterocycles. The molecule has 3 aromatic rings. The SMILES string of the molecule is C[C@]12CC[C@@H]3[C@@H](CCC4=CC(O[Si](c5ccccc5)(c5ccccc5)c5ccccc5)CC[C@@]43C=O)[C@@H]1CCC2O. The Morgan fingerprint density at radius 2 is 1.34 bits per heavy atom. The van der Waals surface area contributed by atoms with Gasteiger partial charge in [0.15, 0.2) is 0 Å². The molecule has 2 unspecified atom stereocenters. The second-order valence-corrected chi connectivity index (χ2v) is 16.7. The molecule has 0 amide bonds. The van der Waals surface area contributed by atoms with Crippen LogP contribution in [0.25, 0.3) is 0 Å². The number of aliphatic hydroxyl groups is 1. The van der Waals surface area contributed by atoms with Gasteiger partial charge in [0.05, 0.1) is 17.6 Å². The van der Waals surface area contributed by atoms with Crippen LogP contribution in [0.5, 0.6) is 0 Å². The van der Waals surface area contributed by atoms with Crippen molar-refractivity contribution in [2.45, 2.75) is 70.5 Å². The fraction of sp³-hybridized carbons (Fsp3) is 0.432. The molecule has 7 rings (SSSR count). The number of benzene rings is 3. The molecule has 0 saturated heterocycles. The van der Waals surface area contributed by atoms with Gasteiger partial charge in [-0.1, -0.05) is 110 Å². The number of hydrogen-bond donors (Lipinski definition) is 1. The smallest absolute Gasteiger partial charge is 0.288 e. The van der Waals surface area contributed by atoms with Crippen LogP contribution in [0.15, 0.2) is 103 Å². The lowest BCUT2D eigenvalue weighted by atomic mass is 9.47. The molecule has 3 saturated carbocycles. The Hall–Kier alpha value is -2.79. The first kappa shape index (κ1) is 27.1. The minimum atomic E-state index is -2.83. The first-order valence-electron chi connectivity index (χ1n) is 15.7. The molecule has 0 radical (unpaired) electrons. The molecular weight excluding hydrogens is 520 g/mol. The van der Waals surface area contributed by atoms with Gasteiger partial charge < -0.3 is 14.3 Å². The molecule has 3 fully saturated rings. The van der Waals surface area contributed by atoms with Crippen LogP contribution < -0.4 is 15.6 Å². The second kappa shape index (κ2) is 10.5. The van der Waals surface area contributed by atoms with Crippen molar-refractivity contribution in [3.63, 3.8) is 0 Å². The lowest BCUT2D eigenvalue weighted by Gasteiger charge is -2.57. The molecule has 41 heavy (non-hydrogen) atoms. The monoisotopic (exact) mass is 562 g/mol. The van der Waals surface area contributed by atoms with E-state index in [1.54, 1.807) is 0 Å². The molecule has 4 aliphatic rings. The van der Waals surface area contributed by atoms with Gasteiger partial charge in [-0.05, 0) is 90.1 Å². The van der Waals surface area contributed by atoms with Crippen molar-refractivity contribution in [2.75, 3.05) is 0 Å². The number of carbonyl (C=O) groups is 1. The van der Waals surface area contributed by atoms with Crippen LogP contribution in [-0.4, -0.2) is 31.9 Å². The molecular formula is C37H42O3Si. The highest BCUT2D eigenvalue weighted by Gasteiger charge is 2.60. The minimum Gasteiger partial charge on any atom is -0.398 e. The van der Waals surface area contributed by atoms with Gasteiger partial charge in [-0.25, -0.2) is 0 Å². The summed E-state index contributed by atoms with van der Waals surface area (Å²) in [5.41, 5.74) is 0.983. The maximum absolute atomic E-state index is 13.1. The number of aldehydes is 1. The molecule has 0 bridgehead atoms. The van der Waals surface area contributed by atoms with Crippen molar-refractivity contribution in [3.8, 4) is 0 Å². The summed E-state index contributed by atoms with van der Waals surface area (Å²) in [7, 11) is -2.83. The minimum absolute atomic E-state index is 0.0268. The zero-order valence-corrected chi connectivity index (χ0v) is 25.1. The highest BCUT2D eigenvalue weighted by Crippen LogP contribution is 2.65. The molecule has 0 spiro atoms. The summed E-state index contributed by atoms with van der Waals surface area (Å²) in [6, 6.07) is 32.4. The van der Waals surface area contributed by atoms with E-state index in [0.29, 0.717) is 17.8 Å². The van der Waals surface area contributed by atoms with Crippen molar-refractivity contribution < 1.29 is 14.3 Å². The fourth-order valence-corrected chi connectivity index (χ4v) is 13.7. The molecule has 4 aliphatic carbocycles. The van der Waals surface area contributed by atoms with Crippen LogP contribution in [0.2, 0.25) is 0 Å². The van der Waals surface area contributed by atoms with Crippen molar-refractivity contribution in [2.24, 2.45) is 28.6 Å². The molecule has 3 aromatic carbocycles. The van der Waals surface area contributed by atoms with E-state index in [0.717, 1.165) is 51.4 Å². The highest BCUT2D eigenvalue weighted by molar-refractivity contribution is 7.07. The quantitative estimate of drug-likeness (QED) is 0.186. The van der Waals surface area contributed by atoms with Crippen molar-refractivity contribution in [3.05, 3.63) is 103 Å². The van der Waals surface area contributed by atoms with Crippen LogP contribution in [0, 0.1) is 28.6 Å². The number of hydrogen-bond acceptors (Lipinski definition) is 3. The average molecular weight is 563 g/mol. The standard InChI is InChI=1S/C37H42O3Si/c1-36-23-22-34-32(33(36)19-20-35(36)39)18-17-27-25-28(21-24-37(27,34)26-38)40-41(29-11-5-2-6-12-29,30-13-7-3-8-14-30)31-15-9-4-10-16-31/h2-16,25-26,28,32-35,39H,17-24H2,1H3/t28?,32-,33-,34+,35?,36-,37+/m0/s1. The summed E-state index contributed by atoms with van der Waals surface area (Å²) >= 11 is 0. The summed E-state index contributed by atoms with van der Waals surface area (Å²) in [6.45, 7) is 2.32. The summed E-state index contributed by atoms with van der Waals surface area (Å²) < 4.78 is 7.52. The Bertz CT molecular complexity index is 1310. The van der Waals surface area contributed by atoms with E-state index in [4.69, 9.17) is 4.43 Å². The third kappa shape index (κ3) is 4.17. The zero-order chi connectivity index (χ0) is 28.1. The molecule has 3 nitrogen and oxygen atoms in total. The fourth-order valence-electron chi connectivity index (χ4n) is 9.63. The van der Waals surface area contributed by atoms with E-state index >= 15 is 0 Å². The van der Waals surface area contributed by atoms with Crippen LogP contribution in [0.3, 0.4) is 0 Å². The number of allylic oxidation sites excluding steroid dienone is 1. The molecule has 0 aromatic heterocycles. The predicted molar refractivity (Wildman–Crippen MR) is 167 cm³/mol. The maximum atomic E-state index is 13.1. The highest BCUT2D eigenvalue weighted by atomic mass is 28.4. The molecule has 7 atom stereocenters. The Balaban J connectivity index is 1.28. The molecule has 0 aliphatic heterocycles. The first-order chi connectivity index (χ1) is 20.0. The Morgan fingerprint density at radius 1 is 0.756 bits per heavy atom. The third-order valence-electron chi connectivity index (χ3n) is 11.7. The largest absolute Gasteiger partial charge is 0.398 e. The molecule has 212 valence electrons. The lowest BCUT2D eigenvalue weighted by Crippen LogP contribution is -2.70. The summed E-state index contributed by atoms with van der Waals surface area (Å²) in [5.74, 6) is 1.47. The van der Waals surface area contributed by atoms with Gasteiger partial charge in [0.1, 0.15) is 6.29 Å². The van der Waals surface area contributed by atoms with E-state index in [2.05, 4.69) is 104 Å². The van der Waals surface area contributed by atoms with Crippen molar-refractivity contribution >= 4 is 30.2 Å². The maximum Gasteiger partial charge on any atom is 0.288 e. The van der Waals surface area contributed by atoms with E-state index in [1.807, 2.05) is 0 Å². The van der Waals surface area contributed by atoms with Gasteiger partial charge in [0.2, 0.25) is 0 Å².